The van der Waals surface area contributed by atoms with Gasteiger partial charge in [0.2, 0.25) is 0 Å². The molecule has 6 nitrogen and oxygen atoms in total. The van der Waals surface area contributed by atoms with Crippen LogP contribution < -0.4 is 9.47 Å². The zero-order chi connectivity index (χ0) is 29.8. The van der Waals surface area contributed by atoms with Gasteiger partial charge >= 0.3 is 0 Å². The van der Waals surface area contributed by atoms with E-state index in [1.54, 1.807) is 19.4 Å². The Morgan fingerprint density at radius 1 is 1.10 bits per heavy atom. The Hall–Kier alpha value is -3.20. The highest BCUT2D eigenvalue weighted by molar-refractivity contribution is 9.12. The third kappa shape index (κ3) is 9.69. The highest BCUT2D eigenvalue weighted by Gasteiger charge is 2.23. The number of hydrogen-bond acceptors (Lipinski definition) is 5. The number of methoxy groups -OCH3 is 1. The summed E-state index contributed by atoms with van der Waals surface area (Å²) in [6, 6.07) is 12.9. The smallest absolute Gasteiger partial charge is 0.138 e. The zero-order valence-electron chi connectivity index (χ0n) is 24.9. The van der Waals surface area contributed by atoms with Crippen LogP contribution in [-0.4, -0.2) is 36.3 Å². The maximum absolute atomic E-state index is 6.16. The molecular weight excluding hydrogens is 594 g/mol. The van der Waals surface area contributed by atoms with Gasteiger partial charge < -0.3 is 18.8 Å². The number of halogens is 1. The molecule has 0 aliphatic heterocycles. The van der Waals surface area contributed by atoms with Gasteiger partial charge in [-0.25, -0.2) is 4.98 Å². The second-order valence-electron chi connectivity index (χ2n) is 10.9. The van der Waals surface area contributed by atoms with Gasteiger partial charge in [-0.3, -0.25) is 4.98 Å². The molecule has 0 amide bonds. The third-order valence-electron chi connectivity index (χ3n) is 6.52. The predicted molar refractivity (Wildman–Crippen MR) is 175 cm³/mol. The molecular formula is C33H42BrN3O3Si. The first-order valence-corrected chi connectivity index (χ1v) is 18.3. The lowest BCUT2D eigenvalue weighted by molar-refractivity contribution is 0.0846. The first kappa shape index (κ1) is 32.3. The van der Waals surface area contributed by atoms with Crippen LogP contribution >= 0.6 is 15.9 Å². The fourth-order valence-electron chi connectivity index (χ4n) is 4.18. The number of rotatable bonds is 16. The van der Waals surface area contributed by atoms with E-state index in [4.69, 9.17) is 24.2 Å². The van der Waals surface area contributed by atoms with E-state index in [0.29, 0.717) is 25.5 Å². The molecule has 2 aromatic heterocycles. The number of benzene rings is 1. The van der Waals surface area contributed by atoms with Gasteiger partial charge in [-0.15, -0.1) is 6.58 Å². The van der Waals surface area contributed by atoms with Gasteiger partial charge in [0.15, 0.2) is 0 Å². The molecule has 0 aliphatic rings. The van der Waals surface area contributed by atoms with Crippen molar-refractivity contribution in [3.05, 3.63) is 114 Å². The summed E-state index contributed by atoms with van der Waals surface area (Å²) in [5.41, 5.74) is 3.79. The summed E-state index contributed by atoms with van der Waals surface area (Å²) in [5, 5.41) is 0. The molecule has 1 aromatic carbocycles. The summed E-state index contributed by atoms with van der Waals surface area (Å²) in [4.78, 5) is 9.90. The van der Waals surface area contributed by atoms with Gasteiger partial charge in [0, 0.05) is 30.9 Å². The van der Waals surface area contributed by atoms with Crippen LogP contribution in [0.5, 0.6) is 11.5 Å². The molecule has 3 aromatic rings. The van der Waals surface area contributed by atoms with Gasteiger partial charge in [-0.05, 0) is 55.3 Å². The van der Waals surface area contributed by atoms with E-state index in [-0.39, 0.29) is 5.92 Å². The van der Waals surface area contributed by atoms with E-state index in [1.807, 2.05) is 61.5 Å². The van der Waals surface area contributed by atoms with E-state index < -0.39 is 8.07 Å². The fraction of sp³-hybridized carbons (Fsp3) is 0.333. The molecule has 0 radical (unpaired) electrons. The van der Waals surface area contributed by atoms with E-state index in [2.05, 4.69) is 59.5 Å². The number of allylic oxidation sites excluding steroid dienone is 6. The van der Waals surface area contributed by atoms with Crippen molar-refractivity contribution >= 4 is 29.6 Å². The van der Waals surface area contributed by atoms with Crippen LogP contribution in [0.15, 0.2) is 90.7 Å². The Labute approximate surface area is 254 Å². The van der Waals surface area contributed by atoms with E-state index in [0.717, 1.165) is 51.2 Å². The molecule has 0 aliphatic carbocycles. The largest absolute Gasteiger partial charge is 0.497 e. The van der Waals surface area contributed by atoms with Crippen LogP contribution in [0.1, 0.15) is 42.0 Å². The highest BCUT2D eigenvalue weighted by Crippen LogP contribution is 2.32. The van der Waals surface area contributed by atoms with Gasteiger partial charge in [0.1, 0.15) is 30.7 Å². The van der Waals surface area contributed by atoms with Crippen molar-refractivity contribution in [3.8, 4) is 11.5 Å². The third-order valence-corrected chi connectivity index (χ3v) is 8.91. The number of hydrogen-bond donors (Lipinski definition) is 0. The molecule has 0 fully saturated rings. The molecule has 41 heavy (non-hydrogen) atoms. The number of ether oxygens (including phenoxy) is 3. The summed E-state index contributed by atoms with van der Waals surface area (Å²) < 4.78 is 20.4. The molecule has 0 bridgehead atoms. The highest BCUT2D eigenvalue weighted by atomic mass is 79.9. The number of pyridine rings is 1. The minimum absolute atomic E-state index is 0.0993. The van der Waals surface area contributed by atoms with Crippen LogP contribution in [0.3, 0.4) is 0 Å². The summed E-state index contributed by atoms with van der Waals surface area (Å²) in [5.74, 6) is 2.31. The maximum atomic E-state index is 6.16. The first-order chi connectivity index (χ1) is 19.7. The molecule has 0 spiro atoms. The van der Waals surface area contributed by atoms with Crippen LogP contribution in [-0.2, 0) is 18.1 Å². The molecule has 2 heterocycles. The Bertz CT molecular complexity index is 1340. The molecule has 0 saturated heterocycles. The lowest BCUT2D eigenvalue weighted by Crippen LogP contribution is -2.22. The van der Waals surface area contributed by atoms with Crippen LogP contribution in [0.2, 0.25) is 25.7 Å². The van der Waals surface area contributed by atoms with Crippen molar-refractivity contribution in [1.82, 2.24) is 14.5 Å². The number of nitrogens with zero attached hydrogens (tertiary/aromatic N) is 3. The molecule has 0 saturated carbocycles. The molecule has 3 rings (SSSR count). The average Bonchev–Trinajstić information content (AvgIpc) is 3.36. The van der Waals surface area contributed by atoms with Crippen molar-refractivity contribution in [1.29, 1.82) is 0 Å². The Kier molecular flexibility index (Phi) is 12.4. The quantitative estimate of drug-likeness (QED) is 0.0681. The zero-order valence-corrected chi connectivity index (χ0v) is 27.5. The van der Waals surface area contributed by atoms with Crippen LogP contribution in [0, 0.1) is 0 Å². The normalized spacial score (nSPS) is 13.1. The Morgan fingerprint density at radius 3 is 2.41 bits per heavy atom. The molecule has 1 atom stereocenters. The minimum Gasteiger partial charge on any atom is -0.497 e. The maximum Gasteiger partial charge on any atom is 0.138 e. The molecule has 8 heteroatoms. The van der Waals surface area contributed by atoms with Crippen molar-refractivity contribution in [3.63, 3.8) is 0 Å². The van der Waals surface area contributed by atoms with Gasteiger partial charge in [-0.2, -0.15) is 0 Å². The second kappa shape index (κ2) is 15.7. The van der Waals surface area contributed by atoms with E-state index in [1.165, 1.54) is 0 Å². The Balaban J connectivity index is 1.87. The molecule has 1 unspecified atom stereocenters. The van der Waals surface area contributed by atoms with Gasteiger partial charge in [0.05, 0.1) is 30.6 Å². The fourth-order valence-corrected chi connectivity index (χ4v) is 5.56. The standard InChI is InChI=1S/C33H42BrN3O3Si/c1-8-11-29(31-18-17-27(21-35-31)40-23-25-13-15-26(38-4)16-14-25)33-36-32(28(10-3)30(34)12-9-2)22-37(33)24-39-19-20-41(5,6)7/h8-10,12-18,21-22,29H,1-2,11,19-20,23-24H2,3-7H3/b28-10+,30-12+. The topological polar surface area (TPSA) is 58.4 Å². The van der Waals surface area contributed by atoms with E-state index >= 15 is 0 Å². The summed E-state index contributed by atoms with van der Waals surface area (Å²) in [6.45, 7) is 18.5. The lowest BCUT2D eigenvalue weighted by atomic mass is 9.99. The summed E-state index contributed by atoms with van der Waals surface area (Å²) in [7, 11) is 0.458. The lowest BCUT2D eigenvalue weighted by Gasteiger charge is -2.19. The number of imidazole rings is 1. The molecule has 0 N–H and O–H groups in total. The summed E-state index contributed by atoms with van der Waals surface area (Å²) >= 11 is 3.68. The van der Waals surface area contributed by atoms with Crippen molar-refractivity contribution in [2.45, 2.75) is 58.3 Å². The minimum atomic E-state index is -1.20. The van der Waals surface area contributed by atoms with Gasteiger partial charge in [0.25, 0.3) is 0 Å². The second-order valence-corrected chi connectivity index (χ2v) is 17.4. The average molecular weight is 637 g/mol. The van der Waals surface area contributed by atoms with Crippen molar-refractivity contribution in [2.75, 3.05) is 13.7 Å². The first-order valence-electron chi connectivity index (χ1n) is 13.8. The monoisotopic (exact) mass is 635 g/mol. The van der Waals surface area contributed by atoms with Crippen molar-refractivity contribution < 1.29 is 14.2 Å². The molecule has 218 valence electrons. The van der Waals surface area contributed by atoms with Crippen LogP contribution in [0.4, 0.5) is 0 Å². The van der Waals surface area contributed by atoms with Crippen LogP contribution in [0.25, 0.3) is 5.57 Å². The van der Waals surface area contributed by atoms with Gasteiger partial charge in [-0.1, -0.05) is 72.5 Å². The summed E-state index contributed by atoms with van der Waals surface area (Å²) in [6.07, 6.45) is 12.1. The Morgan fingerprint density at radius 2 is 1.83 bits per heavy atom. The van der Waals surface area contributed by atoms with Crippen molar-refractivity contribution in [2.24, 2.45) is 0 Å². The predicted octanol–water partition coefficient (Wildman–Crippen LogP) is 8.75. The van der Waals surface area contributed by atoms with E-state index in [9.17, 15) is 0 Å². The number of aromatic nitrogens is 3. The SMILES string of the molecule is C=C/C=C(Br)\C(=C/C)c1cn(COCC[Si](C)(C)C)c(C(CC=C)c2ccc(OCc3ccc(OC)cc3)cn2)n1.